The van der Waals surface area contributed by atoms with Gasteiger partial charge in [-0.1, -0.05) is 12.5 Å². The van der Waals surface area contributed by atoms with Gasteiger partial charge in [0.05, 0.1) is 0 Å². The average Bonchev–Trinajstić information content (AvgIpc) is 2.23. The van der Waals surface area contributed by atoms with E-state index < -0.39 is 0 Å². The molecule has 0 aliphatic heterocycles. The molecule has 0 spiro atoms. The van der Waals surface area contributed by atoms with Crippen molar-refractivity contribution in [1.29, 1.82) is 0 Å². The molecular formula is C11H14CoO. The maximum Gasteiger partial charge on any atom is 0.124 e. The summed E-state index contributed by atoms with van der Waals surface area (Å²) >= 11 is 0. The zero-order chi connectivity index (χ0) is 9.30. The SMILES string of the molecule is CC1=C(C)C(C)C(C=C=O)=C1C.[Co]. The van der Waals surface area contributed by atoms with Crippen LogP contribution in [0.3, 0.4) is 0 Å². The molecule has 0 saturated carbocycles. The van der Waals surface area contributed by atoms with Gasteiger partial charge < -0.3 is 0 Å². The summed E-state index contributed by atoms with van der Waals surface area (Å²) < 4.78 is 0. The molecule has 1 atom stereocenters. The Hall–Kier alpha value is -0.564. The van der Waals surface area contributed by atoms with E-state index in [1.807, 2.05) is 5.94 Å². The predicted octanol–water partition coefficient (Wildman–Crippen LogP) is 2.67. The van der Waals surface area contributed by atoms with Gasteiger partial charge in [0.1, 0.15) is 5.94 Å². The summed E-state index contributed by atoms with van der Waals surface area (Å²) in [6.45, 7) is 8.41. The number of carbonyl (C=O) groups excluding carboxylic acids is 1. The fourth-order valence-electron chi connectivity index (χ4n) is 1.69. The van der Waals surface area contributed by atoms with Gasteiger partial charge in [0.2, 0.25) is 0 Å². The summed E-state index contributed by atoms with van der Waals surface area (Å²) in [5.74, 6) is 2.25. The third-order valence-corrected chi connectivity index (χ3v) is 2.92. The van der Waals surface area contributed by atoms with Gasteiger partial charge in [-0.05, 0) is 37.5 Å². The average molecular weight is 221 g/mol. The van der Waals surface area contributed by atoms with E-state index in [-0.39, 0.29) is 16.8 Å². The van der Waals surface area contributed by atoms with Gasteiger partial charge in [-0.3, -0.25) is 0 Å². The third kappa shape index (κ3) is 2.02. The molecule has 0 N–H and O–H groups in total. The van der Waals surface area contributed by atoms with Crippen molar-refractivity contribution in [2.24, 2.45) is 5.92 Å². The van der Waals surface area contributed by atoms with Crippen LogP contribution in [0, 0.1) is 5.92 Å². The third-order valence-electron chi connectivity index (χ3n) is 2.92. The molecule has 1 nitrogen and oxygen atoms in total. The topological polar surface area (TPSA) is 17.1 Å². The molecular weight excluding hydrogens is 207 g/mol. The van der Waals surface area contributed by atoms with E-state index in [1.54, 1.807) is 6.08 Å². The minimum absolute atomic E-state index is 0. The Kier molecular flexibility index (Phi) is 4.41. The van der Waals surface area contributed by atoms with E-state index >= 15 is 0 Å². The van der Waals surface area contributed by atoms with Crippen molar-refractivity contribution in [3.8, 4) is 0 Å². The second-order valence-electron chi connectivity index (χ2n) is 3.37. The molecule has 0 saturated heterocycles. The van der Waals surface area contributed by atoms with Crippen LogP contribution in [0.25, 0.3) is 0 Å². The summed E-state index contributed by atoms with van der Waals surface area (Å²) in [7, 11) is 0. The van der Waals surface area contributed by atoms with Crippen LogP contribution in [0.15, 0.2) is 28.4 Å². The van der Waals surface area contributed by atoms with Crippen LogP contribution in [-0.4, -0.2) is 5.94 Å². The van der Waals surface area contributed by atoms with Crippen molar-refractivity contribution in [3.63, 3.8) is 0 Å². The van der Waals surface area contributed by atoms with E-state index in [9.17, 15) is 4.79 Å². The second kappa shape index (κ2) is 4.61. The number of allylic oxidation sites excluding steroid dienone is 5. The molecule has 1 aliphatic carbocycles. The van der Waals surface area contributed by atoms with Crippen molar-refractivity contribution in [3.05, 3.63) is 28.4 Å². The molecule has 1 radical (unpaired) electrons. The Morgan fingerprint density at radius 2 is 1.77 bits per heavy atom. The predicted molar refractivity (Wildman–Crippen MR) is 50.5 cm³/mol. The molecule has 0 heterocycles. The zero-order valence-electron chi connectivity index (χ0n) is 8.40. The zero-order valence-corrected chi connectivity index (χ0v) is 9.44. The van der Waals surface area contributed by atoms with Gasteiger partial charge in [-0.25, -0.2) is 4.79 Å². The first-order chi connectivity index (χ1) is 5.59. The van der Waals surface area contributed by atoms with Gasteiger partial charge in [-0.15, -0.1) is 0 Å². The molecule has 0 aromatic rings. The summed E-state index contributed by atoms with van der Waals surface area (Å²) in [5.41, 5.74) is 5.06. The first-order valence-electron chi connectivity index (χ1n) is 4.19. The van der Waals surface area contributed by atoms with Crippen molar-refractivity contribution in [1.82, 2.24) is 0 Å². The second-order valence-corrected chi connectivity index (χ2v) is 3.37. The van der Waals surface area contributed by atoms with E-state index in [1.165, 1.54) is 16.7 Å². The molecule has 1 unspecified atom stereocenters. The monoisotopic (exact) mass is 221 g/mol. The molecule has 13 heavy (non-hydrogen) atoms. The summed E-state index contributed by atoms with van der Waals surface area (Å²) in [4.78, 5) is 10.2. The molecule has 0 aromatic carbocycles. The molecule has 1 rings (SSSR count). The van der Waals surface area contributed by atoms with E-state index in [4.69, 9.17) is 0 Å². The molecule has 0 fully saturated rings. The molecule has 73 valence electrons. The Labute approximate surface area is 89.8 Å². The van der Waals surface area contributed by atoms with Crippen LogP contribution in [0.1, 0.15) is 27.7 Å². The molecule has 0 amide bonds. The largest absolute Gasteiger partial charge is 0.233 e. The van der Waals surface area contributed by atoms with Crippen LogP contribution < -0.4 is 0 Å². The smallest absolute Gasteiger partial charge is 0.124 e. The fraction of sp³-hybridized carbons (Fsp3) is 0.455. The minimum atomic E-state index is 0. The number of hydrogen-bond acceptors (Lipinski definition) is 1. The Bertz CT molecular complexity index is 317. The maximum absolute atomic E-state index is 10.2. The van der Waals surface area contributed by atoms with Gasteiger partial charge in [0.15, 0.2) is 0 Å². The van der Waals surface area contributed by atoms with E-state index in [2.05, 4.69) is 27.7 Å². The number of hydrogen-bond donors (Lipinski definition) is 0. The van der Waals surface area contributed by atoms with Crippen molar-refractivity contribution in [2.75, 3.05) is 0 Å². The summed E-state index contributed by atoms with van der Waals surface area (Å²) in [6.07, 6.45) is 1.56. The van der Waals surface area contributed by atoms with E-state index in [0.29, 0.717) is 5.92 Å². The van der Waals surface area contributed by atoms with Crippen LogP contribution in [0.2, 0.25) is 0 Å². The van der Waals surface area contributed by atoms with Gasteiger partial charge in [0.25, 0.3) is 0 Å². The Morgan fingerprint density at radius 3 is 2.08 bits per heavy atom. The number of rotatable bonds is 1. The molecule has 0 bridgehead atoms. The van der Waals surface area contributed by atoms with Crippen LogP contribution in [-0.2, 0) is 21.6 Å². The van der Waals surface area contributed by atoms with Gasteiger partial charge in [0, 0.05) is 28.8 Å². The normalized spacial score (nSPS) is 21.4. The summed E-state index contributed by atoms with van der Waals surface area (Å²) in [5, 5.41) is 0. The first-order valence-corrected chi connectivity index (χ1v) is 4.19. The molecule has 2 heteroatoms. The van der Waals surface area contributed by atoms with Crippen LogP contribution in [0.4, 0.5) is 0 Å². The van der Waals surface area contributed by atoms with Crippen molar-refractivity contribution < 1.29 is 21.6 Å². The fourth-order valence-corrected chi connectivity index (χ4v) is 1.69. The standard InChI is InChI=1S/C11H14O.Co/c1-7-8(2)10(4)11(5-6-12)9(7)3;/h5,9H,1-4H3;. The van der Waals surface area contributed by atoms with Crippen molar-refractivity contribution >= 4 is 5.94 Å². The molecule has 0 aromatic heterocycles. The van der Waals surface area contributed by atoms with Crippen LogP contribution >= 0.6 is 0 Å². The van der Waals surface area contributed by atoms with Crippen molar-refractivity contribution in [2.45, 2.75) is 27.7 Å². The van der Waals surface area contributed by atoms with E-state index in [0.717, 1.165) is 5.57 Å². The van der Waals surface area contributed by atoms with Crippen LogP contribution in [0.5, 0.6) is 0 Å². The van der Waals surface area contributed by atoms with Gasteiger partial charge >= 0.3 is 0 Å². The van der Waals surface area contributed by atoms with Gasteiger partial charge in [-0.2, -0.15) is 0 Å². The minimum Gasteiger partial charge on any atom is -0.233 e. The maximum atomic E-state index is 10.2. The first kappa shape index (κ1) is 12.4. The molecule has 1 aliphatic rings. The Morgan fingerprint density at radius 1 is 1.23 bits per heavy atom. The quantitative estimate of drug-likeness (QED) is 0.622. The summed E-state index contributed by atoms with van der Waals surface area (Å²) in [6, 6.07) is 0. The Balaban J connectivity index is 0.00000144.